The molecule has 0 bridgehead atoms. The molecule has 11 heavy (non-hydrogen) atoms. The van der Waals surface area contributed by atoms with Gasteiger partial charge in [-0.2, -0.15) is 0 Å². The summed E-state index contributed by atoms with van der Waals surface area (Å²) in [7, 11) is 4.09. The van der Waals surface area contributed by atoms with E-state index in [2.05, 4.69) is 36.1 Å². The van der Waals surface area contributed by atoms with Crippen LogP contribution in [0.1, 0.15) is 5.56 Å². The molecule has 1 aromatic rings. The molecule has 0 spiro atoms. The van der Waals surface area contributed by atoms with Crippen molar-refractivity contribution in [3.05, 3.63) is 29.8 Å². The van der Waals surface area contributed by atoms with Gasteiger partial charge in [0.05, 0.1) is 0 Å². The van der Waals surface area contributed by atoms with Crippen molar-refractivity contribution in [2.24, 2.45) is 0 Å². The summed E-state index contributed by atoms with van der Waals surface area (Å²) in [6.45, 7) is 2.10. The first kappa shape index (κ1) is 9.98. The van der Waals surface area contributed by atoms with E-state index < -0.39 is 0 Å². The third-order valence-corrected chi connectivity index (χ3v) is 1.55. The van der Waals surface area contributed by atoms with E-state index in [4.69, 9.17) is 0 Å². The lowest BCUT2D eigenvalue weighted by Crippen LogP contribution is -2.07. The quantitative estimate of drug-likeness (QED) is 0.670. The predicted molar refractivity (Wildman–Crippen MR) is 50.5 cm³/mol. The van der Waals surface area contributed by atoms with Crippen LogP contribution in [0.3, 0.4) is 0 Å². The van der Waals surface area contributed by atoms with Crippen LogP contribution >= 0.6 is 0 Å². The molecule has 62 valence electrons. The van der Waals surface area contributed by atoms with E-state index in [0.29, 0.717) is 0 Å². The van der Waals surface area contributed by atoms with Crippen molar-refractivity contribution < 1.29 is 0 Å². The average Bonchev–Trinajstić information content (AvgIpc) is 1.88. The number of benzene rings is 1. The monoisotopic (exact) mass is 152 g/mol. The van der Waals surface area contributed by atoms with E-state index >= 15 is 0 Å². The first-order valence-corrected chi connectivity index (χ1v) is 3.44. The van der Waals surface area contributed by atoms with Crippen LogP contribution in [0.2, 0.25) is 0 Å². The highest BCUT2D eigenvalue weighted by Crippen LogP contribution is 2.10. The molecule has 0 fully saturated rings. The number of anilines is 1. The predicted octanol–water partition coefficient (Wildman–Crippen LogP) is 2.22. The van der Waals surface area contributed by atoms with Gasteiger partial charge >= 0.3 is 0 Å². The fourth-order valence-corrected chi connectivity index (χ4v) is 0.843. The van der Waals surface area contributed by atoms with E-state index in [9.17, 15) is 0 Å². The van der Waals surface area contributed by atoms with Gasteiger partial charge < -0.3 is 11.1 Å². The zero-order valence-corrected chi connectivity index (χ0v) is 7.46. The minimum atomic E-state index is 0. The average molecular weight is 152 g/mol. The molecule has 0 aliphatic heterocycles. The molecular formula is C9H16N2. The molecule has 0 atom stereocenters. The topological polar surface area (TPSA) is 38.2 Å². The molecule has 0 saturated carbocycles. The van der Waals surface area contributed by atoms with Gasteiger partial charge in [0.2, 0.25) is 0 Å². The van der Waals surface area contributed by atoms with Crippen molar-refractivity contribution in [1.82, 2.24) is 6.15 Å². The van der Waals surface area contributed by atoms with E-state index in [0.717, 1.165) is 0 Å². The first-order valence-electron chi connectivity index (χ1n) is 3.44. The zero-order chi connectivity index (χ0) is 7.56. The van der Waals surface area contributed by atoms with Gasteiger partial charge in [0.1, 0.15) is 0 Å². The van der Waals surface area contributed by atoms with Gasteiger partial charge in [0, 0.05) is 19.8 Å². The van der Waals surface area contributed by atoms with Crippen LogP contribution in [0.25, 0.3) is 0 Å². The molecule has 0 aliphatic rings. The second-order valence-electron chi connectivity index (χ2n) is 2.73. The Balaban J connectivity index is 0.000001000. The summed E-state index contributed by atoms with van der Waals surface area (Å²) < 4.78 is 0. The lowest BCUT2D eigenvalue weighted by Gasteiger charge is -2.11. The Morgan fingerprint density at radius 1 is 1.00 bits per heavy atom. The molecule has 0 aromatic heterocycles. The van der Waals surface area contributed by atoms with Crippen molar-refractivity contribution in [3.8, 4) is 0 Å². The van der Waals surface area contributed by atoms with Gasteiger partial charge in [-0.3, -0.25) is 0 Å². The molecular weight excluding hydrogens is 136 g/mol. The maximum absolute atomic E-state index is 2.12. The Hall–Kier alpha value is -1.02. The number of nitrogens with zero attached hydrogens (tertiary/aromatic N) is 1. The summed E-state index contributed by atoms with van der Waals surface area (Å²) in [4.78, 5) is 2.10. The minimum absolute atomic E-state index is 0. The van der Waals surface area contributed by atoms with Gasteiger partial charge in [-0.05, 0) is 19.1 Å². The fourth-order valence-electron chi connectivity index (χ4n) is 0.843. The fraction of sp³-hybridized carbons (Fsp3) is 0.333. The number of hydrogen-bond acceptors (Lipinski definition) is 2. The Bertz CT molecular complexity index is 201. The van der Waals surface area contributed by atoms with Crippen LogP contribution in [0.15, 0.2) is 24.3 Å². The van der Waals surface area contributed by atoms with Crippen LogP contribution in [0, 0.1) is 6.92 Å². The second-order valence-corrected chi connectivity index (χ2v) is 2.73. The number of rotatable bonds is 1. The maximum Gasteiger partial charge on any atom is 0.0361 e. The summed E-state index contributed by atoms with van der Waals surface area (Å²) in [6, 6.07) is 8.48. The Labute approximate surface area is 68.4 Å². The van der Waals surface area contributed by atoms with Crippen molar-refractivity contribution in [1.29, 1.82) is 0 Å². The number of aryl methyl sites for hydroxylation is 1. The van der Waals surface area contributed by atoms with Crippen molar-refractivity contribution in [2.45, 2.75) is 6.92 Å². The Morgan fingerprint density at radius 3 is 1.82 bits per heavy atom. The summed E-state index contributed by atoms with van der Waals surface area (Å²) in [5.41, 5.74) is 2.57. The molecule has 0 aliphatic carbocycles. The molecule has 0 unspecified atom stereocenters. The van der Waals surface area contributed by atoms with Gasteiger partial charge in [0.15, 0.2) is 0 Å². The molecule has 2 nitrogen and oxygen atoms in total. The Morgan fingerprint density at radius 2 is 1.45 bits per heavy atom. The van der Waals surface area contributed by atoms with Gasteiger partial charge in [-0.1, -0.05) is 17.7 Å². The van der Waals surface area contributed by atoms with Gasteiger partial charge in [0.25, 0.3) is 0 Å². The highest BCUT2D eigenvalue weighted by Gasteiger charge is 1.90. The summed E-state index contributed by atoms with van der Waals surface area (Å²) >= 11 is 0. The zero-order valence-electron chi connectivity index (χ0n) is 7.46. The summed E-state index contributed by atoms with van der Waals surface area (Å²) in [5, 5.41) is 0. The molecule has 1 rings (SSSR count). The van der Waals surface area contributed by atoms with Crippen molar-refractivity contribution in [3.63, 3.8) is 0 Å². The van der Waals surface area contributed by atoms with Crippen LogP contribution < -0.4 is 11.1 Å². The standard InChI is InChI=1S/C9H13N.H3N/c1-8-4-6-9(7-5-8)10(2)3;/h4-7H,1-3H3;1H3. The second kappa shape index (κ2) is 3.98. The normalized spacial score (nSPS) is 8.64. The lowest BCUT2D eigenvalue weighted by atomic mass is 10.2. The number of hydrogen-bond donors (Lipinski definition) is 1. The highest BCUT2D eigenvalue weighted by molar-refractivity contribution is 5.45. The van der Waals surface area contributed by atoms with E-state index in [-0.39, 0.29) is 6.15 Å². The maximum atomic E-state index is 2.12. The van der Waals surface area contributed by atoms with Crippen LogP contribution in [0.5, 0.6) is 0 Å². The Kier molecular flexibility index (Phi) is 3.61. The molecule has 0 saturated heterocycles. The smallest absolute Gasteiger partial charge is 0.0361 e. The van der Waals surface area contributed by atoms with Gasteiger partial charge in [-0.15, -0.1) is 0 Å². The summed E-state index contributed by atoms with van der Waals surface area (Å²) in [5.74, 6) is 0. The van der Waals surface area contributed by atoms with Crippen molar-refractivity contribution >= 4 is 5.69 Å². The molecule has 3 N–H and O–H groups in total. The highest BCUT2D eigenvalue weighted by atomic mass is 15.1. The van der Waals surface area contributed by atoms with Gasteiger partial charge in [-0.25, -0.2) is 0 Å². The largest absolute Gasteiger partial charge is 0.378 e. The summed E-state index contributed by atoms with van der Waals surface area (Å²) in [6.07, 6.45) is 0. The first-order chi connectivity index (χ1) is 4.70. The molecule has 1 aromatic carbocycles. The van der Waals surface area contributed by atoms with Crippen molar-refractivity contribution in [2.75, 3.05) is 19.0 Å². The van der Waals surface area contributed by atoms with E-state index in [1.807, 2.05) is 14.1 Å². The SMILES string of the molecule is Cc1ccc(N(C)C)cc1.N. The van der Waals surface area contributed by atoms with Crippen LogP contribution in [0.4, 0.5) is 5.69 Å². The van der Waals surface area contributed by atoms with Crippen LogP contribution in [-0.2, 0) is 0 Å². The minimum Gasteiger partial charge on any atom is -0.378 e. The molecule has 0 amide bonds. The van der Waals surface area contributed by atoms with E-state index in [1.54, 1.807) is 0 Å². The third kappa shape index (κ3) is 2.60. The molecule has 0 heterocycles. The molecule has 0 radical (unpaired) electrons. The van der Waals surface area contributed by atoms with Crippen LogP contribution in [-0.4, -0.2) is 14.1 Å². The van der Waals surface area contributed by atoms with E-state index in [1.165, 1.54) is 11.3 Å². The third-order valence-electron chi connectivity index (χ3n) is 1.55. The molecule has 2 heteroatoms. The lowest BCUT2D eigenvalue weighted by molar-refractivity contribution is 1.13.